The fourth-order valence-corrected chi connectivity index (χ4v) is 2.49. The maximum absolute atomic E-state index is 12.8. The van der Waals surface area contributed by atoms with E-state index in [2.05, 4.69) is 10.3 Å². The van der Waals surface area contributed by atoms with Crippen LogP contribution in [0.15, 0.2) is 60.9 Å². The van der Waals surface area contributed by atoms with E-state index in [1.807, 2.05) is 6.07 Å². The third-order valence-corrected chi connectivity index (χ3v) is 3.87. The van der Waals surface area contributed by atoms with Crippen molar-refractivity contribution in [2.45, 2.75) is 6.54 Å². The van der Waals surface area contributed by atoms with Gasteiger partial charge in [-0.15, -0.1) is 0 Å². The molecule has 3 rings (SSSR count). The Hall–Kier alpha value is -3.72. The quantitative estimate of drug-likeness (QED) is 0.472. The van der Waals surface area contributed by atoms with Gasteiger partial charge in [0.05, 0.1) is 17.1 Å². The van der Waals surface area contributed by atoms with Crippen LogP contribution >= 0.6 is 0 Å². The minimum atomic E-state index is -0.570. The van der Waals surface area contributed by atoms with Gasteiger partial charge in [0.2, 0.25) is 5.95 Å². The Labute approximate surface area is 160 Å². The molecule has 1 heterocycles. The summed E-state index contributed by atoms with van der Waals surface area (Å²) < 4.78 is 12.5. The average molecular weight is 382 g/mol. The van der Waals surface area contributed by atoms with Crippen LogP contribution in [0.5, 0.6) is 11.5 Å². The molecule has 1 N–H and O–H groups in total. The summed E-state index contributed by atoms with van der Waals surface area (Å²) >= 11 is 0. The summed E-state index contributed by atoms with van der Waals surface area (Å²) in [7, 11) is 1.57. The summed E-state index contributed by atoms with van der Waals surface area (Å²) in [6, 6.07) is 12.7. The first kappa shape index (κ1) is 19.1. The highest BCUT2D eigenvalue weighted by Crippen LogP contribution is 2.29. The van der Waals surface area contributed by atoms with Crippen LogP contribution in [0.4, 0.5) is 11.6 Å². The van der Waals surface area contributed by atoms with Crippen molar-refractivity contribution < 1.29 is 19.2 Å². The maximum Gasteiger partial charge on any atom is 0.270 e. The monoisotopic (exact) mass is 382 g/mol. The van der Waals surface area contributed by atoms with E-state index in [1.165, 1.54) is 18.2 Å². The number of amides is 1. The van der Waals surface area contributed by atoms with E-state index in [9.17, 15) is 14.9 Å². The third kappa shape index (κ3) is 4.51. The number of nitro benzene ring substituents is 1. The van der Waals surface area contributed by atoms with Gasteiger partial charge in [-0.05, 0) is 18.2 Å². The molecule has 0 unspecified atom stereocenters. The van der Waals surface area contributed by atoms with E-state index in [0.29, 0.717) is 24.8 Å². The number of nitrogens with zero attached hydrogens (tertiary/aromatic N) is 3. The van der Waals surface area contributed by atoms with Crippen molar-refractivity contribution in [1.82, 2.24) is 9.55 Å². The molecule has 1 amide bonds. The predicted octanol–water partition coefficient (Wildman–Crippen LogP) is 3.48. The van der Waals surface area contributed by atoms with Crippen molar-refractivity contribution in [2.75, 3.05) is 19.0 Å². The summed E-state index contributed by atoms with van der Waals surface area (Å²) in [6.07, 6.45) is 3.24. The van der Waals surface area contributed by atoms with Gasteiger partial charge < -0.3 is 14.0 Å². The lowest BCUT2D eigenvalue weighted by Gasteiger charge is -2.12. The second-order valence-corrected chi connectivity index (χ2v) is 5.74. The molecule has 9 heteroatoms. The largest absolute Gasteiger partial charge is 0.457 e. The van der Waals surface area contributed by atoms with Gasteiger partial charge in [-0.3, -0.25) is 20.2 Å². The molecule has 0 aliphatic rings. The minimum absolute atomic E-state index is 0.0272. The number of anilines is 1. The molecule has 1 aromatic heterocycles. The van der Waals surface area contributed by atoms with Gasteiger partial charge in [0.25, 0.3) is 11.6 Å². The lowest BCUT2D eigenvalue weighted by Crippen LogP contribution is -2.17. The number of benzene rings is 2. The lowest BCUT2D eigenvalue weighted by atomic mass is 10.1. The van der Waals surface area contributed by atoms with Crippen LogP contribution in [-0.4, -0.2) is 34.1 Å². The molecule has 9 nitrogen and oxygen atoms in total. The molecule has 144 valence electrons. The maximum atomic E-state index is 12.8. The van der Waals surface area contributed by atoms with Crippen molar-refractivity contribution in [2.24, 2.45) is 0 Å². The fourth-order valence-electron chi connectivity index (χ4n) is 2.49. The zero-order valence-electron chi connectivity index (χ0n) is 15.1. The highest BCUT2D eigenvalue weighted by atomic mass is 16.6. The van der Waals surface area contributed by atoms with Crippen LogP contribution in [-0.2, 0) is 11.3 Å². The number of para-hydroxylation sites is 1. The molecule has 0 spiro atoms. The van der Waals surface area contributed by atoms with Crippen molar-refractivity contribution in [1.29, 1.82) is 0 Å². The number of aromatic nitrogens is 2. The Morgan fingerprint density at radius 1 is 1.25 bits per heavy atom. The molecule has 0 radical (unpaired) electrons. The second kappa shape index (κ2) is 8.78. The van der Waals surface area contributed by atoms with Crippen LogP contribution in [0, 0.1) is 10.1 Å². The van der Waals surface area contributed by atoms with Gasteiger partial charge in [-0.2, -0.15) is 0 Å². The molecule has 0 aliphatic carbocycles. The third-order valence-electron chi connectivity index (χ3n) is 3.87. The first-order chi connectivity index (χ1) is 13.6. The normalized spacial score (nSPS) is 10.5. The molecular weight excluding hydrogens is 364 g/mol. The lowest BCUT2D eigenvalue weighted by molar-refractivity contribution is -0.384. The number of carbonyl (C=O) groups excluding carboxylic acids is 1. The summed E-state index contributed by atoms with van der Waals surface area (Å²) in [6.45, 7) is 0.937. The van der Waals surface area contributed by atoms with Crippen molar-refractivity contribution in [3.8, 4) is 11.5 Å². The number of hydrogen-bond donors (Lipinski definition) is 1. The molecule has 2 aromatic carbocycles. The second-order valence-electron chi connectivity index (χ2n) is 5.74. The number of imidazole rings is 1. The Bertz CT molecular complexity index is 971. The number of carbonyl (C=O) groups is 1. The SMILES string of the molecule is COCCn1ccnc1NC(=O)c1cc([N+](=O)[O-])ccc1Oc1ccccc1. The zero-order chi connectivity index (χ0) is 19.9. The van der Waals surface area contributed by atoms with Crippen LogP contribution in [0.25, 0.3) is 0 Å². The van der Waals surface area contributed by atoms with Gasteiger partial charge >= 0.3 is 0 Å². The van der Waals surface area contributed by atoms with Crippen molar-refractivity contribution in [3.63, 3.8) is 0 Å². The molecular formula is C19H18N4O5. The molecule has 0 bridgehead atoms. The molecule has 28 heavy (non-hydrogen) atoms. The molecule has 0 atom stereocenters. The zero-order valence-corrected chi connectivity index (χ0v) is 15.1. The molecule has 3 aromatic rings. The van der Waals surface area contributed by atoms with E-state index in [1.54, 1.807) is 48.3 Å². The van der Waals surface area contributed by atoms with Gasteiger partial charge in [0.1, 0.15) is 11.5 Å². The van der Waals surface area contributed by atoms with Crippen molar-refractivity contribution >= 4 is 17.5 Å². The fraction of sp³-hybridized carbons (Fsp3) is 0.158. The number of nitro groups is 1. The smallest absolute Gasteiger partial charge is 0.270 e. The number of non-ortho nitro benzene ring substituents is 1. The number of nitrogens with one attached hydrogen (secondary N) is 1. The number of methoxy groups -OCH3 is 1. The van der Waals surface area contributed by atoms with E-state index in [0.717, 1.165) is 0 Å². The Kier molecular flexibility index (Phi) is 5.97. The topological polar surface area (TPSA) is 109 Å². The van der Waals surface area contributed by atoms with Crippen LogP contribution in [0.3, 0.4) is 0 Å². The highest BCUT2D eigenvalue weighted by Gasteiger charge is 2.20. The first-order valence-corrected chi connectivity index (χ1v) is 8.41. The predicted molar refractivity (Wildman–Crippen MR) is 102 cm³/mol. The summed E-state index contributed by atoms with van der Waals surface area (Å²) in [5.41, 5.74) is -0.187. The molecule has 0 aliphatic heterocycles. The Balaban J connectivity index is 1.89. The van der Waals surface area contributed by atoms with E-state index in [4.69, 9.17) is 9.47 Å². The standard InChI is InChI=1S/C19H18N4O5/c1-27-12-11-22-10-9-20-19(22)21-18(24)16-13-14(23(25)26)7-8-17(16)28-15-5-3-2-4-6-15/h2-10,13H,11-12H2,1H3,(H,20,21,24). The van der Waals surface area contributed by atoms with Crippen LogP contribution < -0.4 is 10.1 Å². The van der Waals surface area contributed by atoms with E-state index < -0.39 is 10.8 Å². The summed E-state index contributed by atoms with van der Waals surface area (Å²) in [5, 5.41) is 13.8. The Morgan fingerprint density at radius 3 is 2.75 bits per heavy atom. The van der Waals surface area contributed by atoms with Gasteiger partial charge in [-0.25, -0.2) is 4.98 Å². The van der Waals surface area contributed by atoms with Gasteiger partial charge in [-0.1, -0.05) is 18.2 Å². The van der Waals surface area contributed by atoms with Gasteiger partial charge in [0.15, 0.2) is 0 Å². The number of ether oxygens (including phenoxy) is 2. The van der Waals surface area contributed by atoms with Crippen molar-refractivity contribution in [3.05, 3.63) is 76.6 Å². The molecule has 0 saturated heterocycles. The number of rotatable bonds is 8. The van der Waals surface area contributed by atoms with Gasteiger partial charge in [0, 0.05) is 38.2 Å². The number of hydrogen-bond acceptors (Lipinski definition) is 6. The highest BCUT2D eigenvalue weighted by molar-refractivity contribution is 6.06. The average Bonchev–Trinajstić information content (AvgIpc) is 3.14. The van der Waals surface area contributed by atoms with E-state index in [-0.39, 0.29) is 17.0 Å². The van der Waals surface area contributed by atoms with E-state index >= 15 is 0 Å². The molecule has 0 fully saturated rings. The van der Waals surface area contributed by atoms with Crippen LogP contribution in [0.1, 0.15) is 10.4 Å². The first-order valence-electron chi connectivity index (χ1n) is 8.41. The molecule has 0 saturated carbocycles. The summed E-state index contributed by atoms with van der Waals surface area (Å²) in [4.78, 5) is 27.5. The minimum Gasteiger partial charge on any atom is -0.457 e. The Morgan fingerprint density at radius 2 is 2.04 bits per heavy atom. The summed E-state index contributed by atoms with van der Waals surface area (Å²) in [5.74, 6) is 0.440. The van der Waals surface area contributed by atoms with Crippen LogP contribution in [0.2, 0.25) is 0 Å².